The third-order valence-electron chi connectivity index (χ3n) is 1.88. The molecule has 7 heteroatoms. The lowest BCUT2D eigenvalue weighted by Gasteiger charge is -1.97. The molecule has 0 saturated heterocycles. The van der Waals surface area contributed by atoms with Crippen LogP contribution in [0.15, 0.2) is 18.7 Å². The van der Waals surface area contributed by atoms with Crippen LogP contribution in [0.4, 0.5) is 0 Å². The monoisotopic (exact) mass is 320 g/mol. The predicted molar refractivity (Wildman–Crippen MR) is 74.4 cm³/mol. The minimum atomic E-state index is -2.94. The molecule has 1 rings (SSSR count). The van der Waals surface area contributed by atoms with E-state index in [1.54, 1.807) is 0 Å². The minimum Gasteiger partial charge on any atom is -0.391 e. The van der Waals surface area contributed by atoms with E-state index in [9.17, 15) is 0 Å². The maximum atomic E-state index is 4.99. The number of hydrogen-bond donors (Lipinski definition) is 0. The van der Waals surface area contributed by atoms with Crippen LogP contribution in [-0.2, 0) is 13.1 Å². The molecule has 0 aliphatic rings. The summed E-state index contributed by atoms with van der Waals surface area (Å²) in [6, 6.07) is 0. The van der Waals surface area contributed by atoms with Crippen LogP contribution in [-0.4, -0.2) is 14.0 Å². The molecular weight excluding hydrogens is 305 g/mol. The van der Waals surface area contributed by atoms with Gasteiger partial charge in [0, 0.05) is 0 Å². The summed E-state index contributed by atoms with van der Waals surface area (Å²) in [5.41, 5.74) is 0. The molecule has 0 bridgehead atoms. The van der Waals surface area contributed by atoms with E-state index in [2.05, 4.69) is 41.7 Å². The van der Waals surface area contributed by atoms with Crippen LogP contribution >= 0.6 is 40.2 Å². The van der Waals surface area contributed by atoms with Gasteiger partial charge in [0.2, 0.25) is 6.33 Å². The fourth-order valence-corrected chi connectivity index (χ4v) is 1.10. The van der Waals surface area contributed by atoms with Crippen molar-refractivity contribution in [1.82, 2.24) is 4.57 Å². The number of hydrogen-bond acceptors (Lipinski definition) is 0. The molecule has 0 aliphatic carbocycles. The topological polar surface area (TPSA) is 8.81 Å². The fourth-order valence-electron chi connectivity index (χ4n) is 1.10. The summed E-state index contributed by atoms with van der Waals surface area (Å²) < 4.78 is 4.43. The van der Waals surface area contributed by atoms with Gasteiger partial charge >= 0.3 is 9.39 Å². The average Bonchev–Trinajstić information content (AvgIpc) is 2.59. The Balaban J connectivity index is 0.000000385. The Hall–Kier alpha value is 0.902. The molecular formula is C9H17AlCl4N2. The van der Waals surface area contributed by atoms with Gasteiger partial charge < -0.3 is 40.2 Å². The van der Waals surface area contributed by atoms with Crippen molar-refractivity contribution in [2.45, 2.75) is 39.8 Å². The first kappa shape index (κ1) is 16.9. The zero-order valence-electron chi connectivity index (χ0n) is 9.54. The third kappa shape index (κ3) is 11.4. The van der Waals surface area contributed by atoms with Gasteiger partial charge in [0.05, 0.1) is 13.1 Å². The van der Waals surface area contributed by atoms with E-state index < -0.39 is 9.39 Å². The molecule has 0 N–H and O–H groups in total. The first-order valence-electron chi connectivity index (χ1n) is 5.29. The van der Waals surface area contributed by atoms with Crippen molar-refractivity contribution in [3.8, 4) is 0 Å². The van der Waals surface area contributed by atoms with E-state index in [4.69, 9.17) is 40.2 Å². The predicted octanol–water partition coefficient (Wildman–Crippen LogP) is 3.97. The molecule has 1 aromatic heterocycles. The maximum Gasteiger partial charge on any atom is 0.564 e. The second-order valence-electron chi connectivity index (χ2n) is 3.33. The highest BCUT2D eigenvalue weighted by Crippen LogP contribution is 2.23. The lowest BCUT2D eigenvalue weighted by Crippen LogP contribution is -2.30. The van der Waals surface area contributed by atoms with Crippen LogP contribution in [0.2, 0.25) is 0 Å². The molecule has 0 saturated carbocycles. The molecule has 94 valence electrons. The Morgan fingerprint density at radius 2 is 1.75 bits per heavy atom. The van der Waals surface area contributed by atoms with E-state index in [1.807, 2.05) is 0 Å². The average molecular weight is 322 g/mol. The van der Waals surface area contributed by atoms with Crippen molar-refractivity contribution in [2.24, 2.45) is 0 Å². The van der Waals surface area contributed by atoms with E-state index >= 15 is 0 Å². The van der Waals surface area contributed by atoms with E-state index in [0.29, 0.717) is 0 Å². The highest BCUT2D eigenvalue weighted by atomic mass is 35.9. The molecule has 0 spiro atoms. The Morgan fingerprint density at radius 3 is 2.12 bits per heavy atom. The van der Waals surface area contributed by atoms with Crippen molar-refractivity contribution in [1.29, 1.82) is 0 Å². The van der Waals surface area contributed by atoms with Gasteiger partial charge in [0.15, 0.2) is 0 Å². The molecule has 0 fully saturated rings. The molecule has 0 radical (unpaired) electrons. The summed E-state index contributed by atoms with van der Waals surface area (Å²) in [7, 11) is 17.0. The van der Waals surface area contributed by atoms with Crippen molar-refractivity contribution >= 4 is 49.6 Å². The highest BCUT2D eigenvalue weighted by molar-refractivity contribution is 7.81. The second kappa shape index (κ2) is 8.92. The molecule has 1 heterocycles. The molecule has 0 unspecified atom stereocenters. The van der Waals surface area contributed by atoms with Gasteiger partial charge in [-0.1, -0.05) is 13.3 Å². The number of halogens is 4. The van der Waals surface area contributed by atoms with Crippen LogP contribution in [0.3, 0.4) is 0 Å². The van der Waals surface area contributed by atoms with Crippen molar-refractivity contribution in [3.63, 3.8) is 0 Å². The SMILES string of the molecule is CCCC[n+]1ccn(CC)c1.[Cl][Al-]([Cl])([Cl])[Cl]. The molecule has 16 heavy (non-hydrogen) atoms. The zero-order valence-corrected chi connectivity index (χ0v) is 13.7. The maximum absolute atomic E-state index is 4.99. The van der Waals surface area contributed by atoms with Crippen LogP contribution in [0.5, 0.6) is 0 Å². The van der Waals surface area contributed by atoms with Gasteiger partial charge in [0.1, 0.15) is 12.4 Å². The van der Waals surface area contributed by atoms with Gasteiger partial charge in [-0.05, 0) is 13.3 Å². The van der Waals surface area contributed by atoms with E-state index in [-0.39, 0.29) is 0 Å². The summed E-state index contributed by atoms with van der Waals surface area (Å²) in [6.07, 6.45) is 8.97. The normalized spacial score (nSPS) is 10.9. The number of imidazole rings is 1. The summed E-state index contributed by atoms with van der Waals surface area (Å²) in [6.45, 7) is 6.60. The Bertz CT molecular complexity index is 279. The Labute approximate surface area is 117 Å². The number of aromatic nitrogens is 2. The van der Waals surface area contributed by atoms with E-state index in [0.717, 1.165) is 13.1 Å². The number of nitrogens with zero attached hydrogens (tertiary/aromatic N) is 2. The number of aryl methyl sites for hydroxylation is 2. The van der Waals surface area contributed by atoms with Crippen molar-refractivity contribution < 1.29 is 4.57 Å². The highest BCUT2D eigenvalue weighted by Gasteiger charge is 2.14. The zero-order chi connectivity index (χ0) is 12.6. The fraction of sp³-hybridized carbons (Fsp3) is 0.667. The molecule has 1 aromatic rings. The number of rotatable bonds is 4. The van der Waals surface area contributed by atoms with Crippen molar-refractivity contribution in [3.05, 3.63) is 18.7 Å². The Morgan fingerprint density at radius 1 is 1.19 bits per heavy atom. The largest absolute Gasteiger partial charge is 0.564 e. The second-order valence-corrected chi connectivity index (χ2v) is 16.2. The molecule has 0 aromatic carbocycles. The van der Waals surface area contributed by atoms with Gasteiger partial charge in [-0.2, -0.15) is 0 Å². The van der Waals surface area contributed by atoms with Crippen LogP contribution in [0, 0.1) is 0 Å². The smallest absolute Gasteiger partial charge is 0.391 e. The molecule has 0 amide bonds. The minimum absolute atomic E-state index is 1.07. The Kier molecular flexibility index (Phi) is 9.42. The third-order valence-corrected chi connectivity index (χ3v) is 1.88. The molecule has 0 aliphatic heterocycles. The van der Waals surface area contributed by atoms with Gasteiger partial charge in [-0.25, -0.2) is 9.13 Å². The quantitative estimate of drug-likeness (QED) is 0.586. The summed E-state index contributed by atoms with van der Waals surface area (Å²) in [5, 5.41) is 0. The lowest BCUT2D eigenvalue weighted by molar-refractivity contribution is -0.696. The first-order valence-corrected chi connectivity index (χ1v) is 12.3. The summed E-state index contributed by atoms with van der Waals surface area (Å²) >= 11 is 0. The standard InChI is InChI=1S/C9H17N2.Al.4ClH/c1-3-5-6-11-8-7-10(4-2)9-11;;;;;/h7-9H,3-6H2,1-2H3;;4*1H/q+1;+3;;;;/p-4. The first-order chi connectivity index (χ1) is 7.36. The van der Waals surface area contributed by atoms with Gasteiger partial charge in [0.25, 0.3) is 0 Å². The summed E-state index contributed by atoms with van der Waals surface area (Å²) in [4.78, 5) is 0. The molecule has 0 atom stereocenters. The molecule has 2 nitrogen and oxygen atoms in total. The van der Waals surface area contributed by atoms with Crippen LogP contribution in [0.25, 0.3) is 0 Å². The number of unbranched alkanes of at least 4 members (excludes halogenated alkanes) is 1. The summed E-state index contributed by atoms with van der Waals surface area (Å²) in [5.74, 6) is 0. The lowest BCUT2D eigenvalue weighted by atomic mass is 10.3. The van der Waals surface area contributed by atoms with Gasteiger partial charge in [-0.3, -0.25) is 0 Å². The van der Waals surface area contributed by atoms with Crippen LogP contribution in [0.1, 0.15) is 26.7 Å². The van der Waals surface area contributed by atoms with E-state index in [1.165, 1.54) is 12.8 Å². The van der Waals surface area contributed by atoms with Crippen molar-refractivity contribution in [2.75, 3.05) is 0 Å². The van der Waals surface area contributed by atoms with Gasteiger partial charge in [-0.15, -0.1) is 0 Å². The van der Waals surface area contributed by atoms with Crippen LogP contribution < -0.4 is 4.57 Å².